The average Bonchev–Trinajstić information content (AvgIpc) is 2.66. The van der Waals surface area contributed by atoms with Crippen LogP contribution in [0, 0.1) is 5.92 Å². The predicted molar refractivity (Wildman–Crippen MR) is 107 cm³/mol. The summed E-state index contributed by atoms with van der Waals surface area (Å²) >= 11 is 4.16. The van der Waals surface area contributed by atoms with Gasteiger partial charge in [-0.15, -0.1) is 0 Å². The van der Waals surface area contributed by atoms with E-state index in [0.717, 1.165) is 36.8 Å². The zero-order chi connectivity index (χ0) is 17.9. The molecule has 1 saturated carbocycles. The van der Waals surface area contributed by atoms with E-state index >= 15 is 0 Å². The molecule has 1 aromatic carbocycles. The van der Waals surface area contributed by atoms with Gasteiger partial charge in [0.25, 0.3) is 0 Å². The third kappa shape index (κ3) is 7.20. The van der Waals surface area contributed by atoms with E-state index in [4.69, 9.17) is 9.99 Å². The van der Waals surface area contributed by atoms with Gasteiger partial charge in [-0.1, -0.05) is 31.9 Å². The molecule has 0 aliphatic heterocycles. The molecule has 0 radical (unpaired) electrons. The molecular weight excluding hydrogens is 332 g/mol. The first-order valence-corrected chi connectivity index (χ1v) is 10.5. The van der Waals surface area contributed by atoms with Crippen molar-refractivity contribution in [2.75, 3.05) is 12.4 Å². The Bertz CT molecular complexity index is 455. The Morgan fingerprint density at radius 3 is 2.44 bits per heavy atom. The minimum atomic E-state index is -0.133. The maximum atomic E-state index is 8.80. The largest absolute Gasteiger partial charge is 0.494 e. The van der Waals surface area contributed by atoms with Gasteiger partial charge in [-0.25, -0.2) is 4.89 Å². The molecule has 0 aromatic heterocycles. The first kappa shape index (κ1) is 20.6. The molecule has 1 atom stereocenters. The van der Waals surface area contributed by atoms with Crippen molar-refractivity contribution in [1.29, 1.82) is 0 Å². The van der Waals surface area contributed by atoms with Crippen LogP contribution in [0.1, 0.15) is 76.2 Å². The second kappa shape index (κ2) is 11.8. The van der Waals surface area contributed by atoms with Crippen LogP contribution in [-0.4, -0.2) is 23.7 Å². The summed E-state index contributed by atoms with van der Waals surface area (Å²) < 4.78 is 5.81. The van der Waals surface area contributed by atoms with Crippen molar-refractivity contribution < 1.29 is 14.9 Å². The Morgan fingerprint density at radius 1 is 1.12 bits per heavy atom. The lowest BCUT2D eigenvalue weighted by Crippen LogP contribution is -2.13. The number of ether oxygens (including phenoxy) is 1. The fourth-order valence-electron chi connectivity index (χ4n) is 3.92. The van der Waals surface area contributed by atoms with Gasteiger partial charge >= 0.3 is 0 Å². The fourth-order valence-corrected chi connectivity index (χ4v) is 4.21. The molecule has 0 spiro atoms. The summed E-state index contributed by atoms with van der Waals surface area (Å²) in [5, 5.41) is 8.80. The lowest BCUT2D eigenvalue weighted by molar-refractivity contribution is -0.280. The minimum Gasteiger partial charge on any atom is -0.494 e. The van der Waals surface area contributed by atoms with E-state index < -0.39 is 0 Å². The van der Waals surface area contributed by atoms with E-state index in [1.807, 2.05) is 0 Å². The van der Waals surface area contributed by atoms with Crippen LogP contribution in [-0.2, 0) is 4.89 Å². The summed E-state index contributed by atoms with van der Waals surface area (Å²) in [5.41, 5.74) is 1.46. The Hall–Kier alpha value is -0.710. The Labute approximate surface area is 158 Å². The first-order valence-electron chi connectivity index (χ1n) is 9.90. The number of benzene rings is 1. The van der Waals surface area contributed by atoms with Crippen molar-refractivity contribution in [3.05, 3.63) is 29.8 Å². The highest BCUT2D eigenvalue weighted by atomic mass is 32.1. The highest BCUT2D eigenvalue weighted by molar-refractivity contribution is 7.80. The molecule has 1 fully saturated rings. The smallest absolute Gasteiger partial charge is 0.119 e. The summed E-state index contributed by atoms with van der Waals surface area (Å²) in [6.07, 6.45) is 10.4. The number of thiol groups is 1. The van der Waals surface area contributed by atoms with E-state index in [0.29, 0.717) is 12.4 Å². The van der Waals surface area contributed by atoms with Crippen LogP contribution in [0.15, 0.2) is 24.3 Å². The van der Waals surface area contributed by atoms with Gasteiger partial charge in [0, 0.05) is 0 Å². The molecule has 1 aliphatic rings. The van der Waals surface area contributed by atoms with Crippen LogP contribution in [0.4, 0.5) is 0 Å². The SMILES string of the molecule is CCCC1CCC(c2ccc(OCCCC(CCS)OO)cc2)CC1. The highest BCUT2D eigenvalue weighted by Crippen LogP contribution is 2.37. The molecule has 0 heterocycles. The molecule has 4 heteroatoms. The third-order valence-electron chi connectivity index (χ3n) is 5.43. The van der Waals surface area contributed by atoms with Crippen molar-refractivity contribution in [1.82, 2.24) is 0 Å². The zero-order valence-corrected chi connectivity index (χ0v) is 16.4. The highest BCUT2D eigenvalue weighted by Gasteiger charge is 2.21. The molecule has 1 unspecified atom stereocenters. The van der Waals surface area contributed by atoms with Crippen LogP contribution in [0.25, 0.3) is 0 Å². The van der Waals surface area contributed by atoms with Crippen LogP contribution in [0.2, 0.25) is 0 Å². The van der Waals surface area contributed by atoms with E-state index in [9.17, 15) is 0 Å². The number of rotatable bonds is 11. The van der Waals surface area contributed by atoms with Gasteiger partial charge in [0.1, 0.15) is 5.75 Å². The summed E-state index contributed by atoms with van der Waals surface area (Å²) in [7, 11) is 0. The third-order valence-corrected chi connectivity index (χ3v) is 5.69. The molecule has 1 aliphatic carbocycles. The minimum absolute atomic E-state index is 0.133. The Morgan fingerprint density at radius 2 is 1.84 bits per heavy atom. The number of hydrogen-bond donors (Lipinski definition) is 2. The lowest BCUT2D eigenvalue weighted by atomic mass is 9.77. The molecule has 2 rings (SSSR count). The second-order valence-corrected chi connectivity index (χ2v) is 7.75. The van der Waals surface area contributed by atoms with Gasteiger partial charge in [-0.05, 0) is 80.2 Å². The van der Waals surface area contributed by atoms with Crippen molar-refractivity contribution in [3.63, 3.8) is 0 Å². The molecule has 1 aromatic rings. The van der Waals surface area contributed by atoms with Gasteiger partial charge in [0.05, 0.1) is 12.7 Å². The van der Waals surface area contributed by atoms with Crippen molar-refractivity contribution in [3.8, 4) is 5.75 Å². The quantitative estimate of drug-likeness (QED) is 0.215. The molecule has 1 N–H and O–H groups in total. The van der Waals surface area contributed by atoms with Crippen LogP contribution in [0.3, 0.4) is 0 Å². The molecule has 0 saturated heterocycles. The van der Waals surface area contributed by atoms with Gasteiger partial charge < -0.3 is 4.74 Å². The Kier molecular flexibility index (Phi) is 9.74. The zero-order valence-electron chi connectivity index (χ0n) is 15.5. The second-order valence-electron chi connectivity index (χ2n) is 7.31. The molecule has 0 amide bonds. The summed E-state index contributed by atoms with van der Waals surface area (Å²) in [6.45, 7) is 2.94. The normalized spacial score (nSPS) is 21.9. The molecule has 25 heavy (non-hydrogen) atoms. The maximum absolute atomic E-state index is 8.80. The molecular formula is C21H34O3S. The number of hydrogen-bond acceptors (Lipinski definition) is 4. The average molecular weight is 367 g/mol. The van der Waals surface area contributed by atoms with Crippen LogP contribution < -0.4 is 4.74 Å². The van der Waals surface area contributed by atoms with E-state index in [1.54, 1.807) is 0 Å². The molecule has 142 valence electrons. The van der Waals surface area contributed by atoms with Crippen LogP contribution in [0.5, 0.6) is 5.75 Å². The van der Waals surface area contributed by atoms with Crippen LogP contribution >= 0.6 is 12.6 Å². The van der Waals surface area contributed by atoms with E-state index in [-0.39, 0.29) is 6.10 Å². The van der Waals surface area contributed by atoms with E-state index in [2.05, 4.69) is 48.7 Å². The predicted octanol–water partition coefficient (Wildman–Crippen LogP) is 6.10. The first-order chi connectivity index (χ1) is 12.3. The van der Waals surface area contributed by atoms with Gasteiger partial charge in [-0.2, -0.15) is 12.6 Å². The van der Waals surface area contributed by atoms with Crippen molar-refractivity contribution in [2.24, 2.45) is 5.92 Å². The lowest BCUT2D eigenvalue weighted by Gasteiger charge is -2.28. The summed E-state index contributed by atoms with van der Waals surface area (Å²) in [6, 6.07) is 8.67. The maximum Gasteiger partial charge on any atom is 0.119 e. The summed E-state index contributed by atoms with van der Waals surface area (Å²) in [4.78, 5) is 4.44. The topological polar surface area (TPSA) is 38.7 Å². The van der Waals surface area contributed by atoms with Crippen molar-refractivity contribution >= 4 is 12.6 Å². The van der Waals surface area contributed by atoms with Crippen molar-refractivity contribution in [2.45, 2.75) is 76.7 Å². The fraction of sp³-hybridized carbons (Fsp3) is 0.714. The van der Waals surface area contributed by atoms with Gasteiger partial charge in [0.2, 0.25) is 0 Å². The van der Waals surface area contributed by atoms with Gasteiger partial charge in [-0.3, -0.25) is 5.26 Å². The standard InChI is InChI=1S/C21H34O3S/c1-2-4-17-6-8-18(9-7-17)19-10-12-20(13-11-19)23-15-3-5-21(24-22)14-16-25/h10-13,17-18,21-22,25H,2-9,14-16H2,1H3. The molecule has 3 nitrogen and oxygen atoms in total. The monoisotopic (exact) mass is 366 g/mol. The van der Waals surface area contributed by atoms with E-state index in [1.165, 1.54) is 44.1 Å². The van der Waals surface area contributed by atoms with Gasteiger partial charge in [0.15, 0.2) is 0 Å². The Balaban J connectivity index is 1.69. The molecule has 0 bridgehead atoms. The summed E-state index contributed by atoms with van der Waals surface area (Å²) in [5.74, 6) is 3.33.